The highest BCUT2D eigenvalue weighted by atomic mass is 16.5. The molecule has 1 fully saturated rings. The van der Waals surface area contributed by atoms with Gasteiger partial charge in [0.2, 0.25) is 23.6 Å². The number of ether oxygens (including phenoxy) is 2. The van der Waals surface area contributed by atoms with Gasteiger partial charge >= 0.3 is 0 Å². The first-order valence-electron chi connectivity index (χ1n) is 6.10. The predicted molar refractivity (Wildman–Crippen MR) is 69.2 cm³/mol. The lowest BCUT2D eigenvalue weighted by molar-refractivity contribution is -0.118. The van der Waals surface area contributed by atoms with Gasteiger partial charge in [0.1, 0.15) is 0 Å². The van der Waals surface area contributed by atoms with Crippen molar-refractivity contribution in [1.29, 1.82) is 0 Å². The number of carbonyl (C=O) groups is 1. The fraction of sp³-hybridized carbons (Fsp3) is 0.583. The summed E-state index contributed by atoms with van der Waals surface area (Å²) in [5.74, 6) is 0.614. The summed E-state index contributed by atoms with van der Waals surface area (Å²) in [5, 5.41) is 2.61. The fourth-order valence-electron chi connectivity index (χ4n) is 1.97. The summed E-state index contributed by atoms with van der Waals surface area (Å²) in [6, 6.07) is 1.53. The highest BCUT2D eigenvalue weighted by molar-refractivity contribution is 5.90. The van der Waals surface area contributed by atoms with Crippen LogP contribution in [0.15, 0.2) is 6.07 Å². The molecule has 7 nitrogen and oxygen atoms in total. The molecule has 0 aromatic carbocycles. The molecule has 19 heavy (non-hydrogen) atoms. The van der Waals surface area contributed by atoms with Crippen LogP contribution in [-0.4, -0.2) is 35.6 Å². The Hall–Kier alpha value is -1.89. The molecular formula is C12H18N4O3. The second-order valence-electron chi connectivity index (χ2n) is 4.72. The van der Waals surface area contributed by atoms with E-state index in [0.29, 0.717) is 11.8 Å². The molecule has 2 rings (SSSR count). The van der Waals surface area contributed by atoms with Gasteiger partial charge in [0.05, 0.1) is 20.3 Å². The number of aromatic nitrogens is 2. The molecule has 1 aromatic rings. The van der Waals surface area contributed by atoms with E-state index in [1.165, 1.54) is 20.3 Å². The SMILES string of the molecule is COc1cc(OC)nc(NC(=O)CC2(N)CCC2)n1. The van der Waals surface area contributed by atoms with Gasteiger partial charge in [-0.15, -0.1) is 0 Å². The van der Waals surface area contributed by atoms with Crippen LogP contribution >= 0.6 is 0 Å². The van der Waals surface area contributed by atoms with E-state index >= 15 is 0 Å². The third-order valence-corrected chi connectivity index (χ3v) is 3.21. The molecule has 3 N–H and O–H groups in total. The average molecular weight is 266 g/mol. The van der Waals surface area contributed by atoms with Crippen LogP contribution < -0.4 is 20.5 Å². The van der Waals surface area contributed by atoms with E-state index < -0.39 is 0 Å². The number of anilines is 1. The highest BCUT2D eigenvalue weighted by Gasteiger charge is 2.34. The summed E-state index contributed by atoms with van der Waals surface area (Å²) in [7, 11) is 2.97. The van der Waals surface area contributed by atoms with Crippen molar-refractivity contribution in [2.75, 3.05) is 19.5 Å². The molecule has 0 atom stereocenters. The summed E-state index contributed by atoms with van der Waals surface area (Å²) in [6.45, 7) is 0. The molecule has 0 saturated heterocycles. The summed E-state index contributed by atoms with van der Waals surface area (Å²) in [6.07, 6.45) is 3.11. The van der Waals surface area contributed by atoms with Gasteiger partial charge in [-0.05, 0) is 19.3 Å². The zero-order valence-corrected chi connectivity index (χ0v) is 11.1. The Bertz CT molecular complexity index is 452. The maximum Gasteiger partial charge on any atom is 0.236 e. The number of hydrogen-bond acceptors (Lipinski definition) is 6. The normalized spacial score (nSPS) is 16.4. The topological polar surface area (TPSA) is 99.4 Å². The summed E-state index contributed by atoms with van der Waals surface area (Å²) in [5.41, 5.74) is 5.65. The van der Waals surface area contributed by atoms with Crippen molar-refractivity contribution in [3.63, 3.8) is 0 Å². The molecule has 0 aliphatic heterocycles. The molecule has 1 saturated carbocycles. The van der Waals surface area contributed by atoms with Gasteiger partial charge < -0.3 is 15.2 Å². The fourth-order valence-corrected chi connectivity index (χ4v) is 1.97. The van der Waals surface area contributed by atoms with Crippen LogP contribution in [0.3, 0.4) is 0 Å². The number of methoxy groups -OCH3 is 2. The van der Waals surface area contributed by atoms with Gasteiger partial charge in [0.25, 0.3) is 0 Å². The van der Waals surface area contributed by atoms with Gasteiger partial charge in [-0.1, -0.05) is 0 Å². The molecule has 1 aliphatic carbocycles. The summed E-state index contributed by atoms with van der Waals surface area (Å²) in [4.78, 5) is 19.9. The molecular weight excluding hydrogens is 248 g/mol. The van der Waals surface area contributed by atoms with Crippen LogP contribution in [0.2, 0.25) is 0 Å². The summed E-state index contributed by atoms with van der Waals surface area (Å²) >= 11 is 0. The zero-order valence-electron chi connectivity index (χ0n) is 11.1. The van der Waals surface area contributed by atoms with Gasteiger partial charge in [0.15, 0.2) is 0 Å². The van der Waals surface area contributed by atoms with Crippen molar-refractivity contribution < 1.29 is 14.3 Å². The van der Waals surface area contributed by atoms with E-state index in [-0.39, 0.29) is 23.8 Å². The summed E-state index contributed by atoms with van der Waals surface area (Å²) < 4.78 is 10.0. The predicted octanol–water partition coefficient (Wildman–Crippen LogP) is 0.704. The molecule has 0 unspecified atom stereocenters. The van der Waals surface area contributed by atoms with Crippen molar-refractivity contribution in [3.8, 4) is 11.8 Å². The standard InChI is InChI=1S/C12H18N4O3/c1-18-9-6-10(19-2)16-11(15-9)14-8(17)7-12(13)4-3-5-12/h6H,3-5,7,13H2,1-2H3,(H,14,15,16,17). The number of amides is 1. The van der Waals surface area contributed by atoms with Crippen LogP contribution in [0, 0.1) is 0 Å². The Labute approximate surface area is 111 Å². The van der Waals surface area contributed by atoms with E-state index in [4.69, 9.17) is 15.2 Å². The monoisotopic (exact) mass is 266 g/mol. The van der Waals surface area contributed by atoms with Gasteiger partial charge in [0, 0.05) is 12.0 Å². The van der Waals surface area contributed by atoms with Crippen LogP contribution in [-0.2, 0) is 4.79 Å². The van der Waals surface area contributed by atoms with Gasteiger partial charge in [-0.3, -0.25) is 10.1 Å². The Balaban J connectivity index is 2.03. The second kappa shape index (κ2) is 5.40. The molecule has 104 valence electrons. The maximum atomic E-state index is 11.9. The third-order valence-electron chi connectivity index (χ3n) is 3.21. The number of nitrogens with one attached hydrogen (secondary N) is 1. The quantitative estimate of drug-likeness (QED) is 0.814. The lowest BCUT2D eigenvalue weighted by Crippen LogP contribution is -2.49. The molecule has 0 spiro atoms. The molecule has 0 bridgehead atoms. The van der Waals surface area contributed by atoms with Crippen molar-refractivity contribution in [2.45, 2.75) is 31.2 Å². The zero-order chi connectivity index (χ0) is 13.9. The Morgan fingerprint density at radius 3 is 2.37 bits per heavy atom. The van der Waals surface area contributed by atoms with Crippen molar-refractivity contribution >= 4 is 11.9 Å². The Kier molecular flexibility index (Phi) is 3.84. The molecule has 7 heteroatoms. The van der Waals surface area contributed by atoms with Crippen LogP contribution in [0.25, 0.3) is 0 Å². The Morgan fingerprint density at radius 1 is 1.37 bits per heavy atom. The molecule has 0 radical (unpaired) electrons. The van der Waals surface area contributed by atoms with Crippen LogP contribution in [0.1, 0.15) is 25.7 Å². The highest BCUT2D eigenvalue weighted by Crippen LogP contribution is 2.32. The maximum absolute atomic E-state index is 11.9. The lowest BCUT2D eigenvalue weighted by Gasteiger charge is -2.37. The van der Waals surface area contributed by atoms with Crippen LogP contribution in [0.4, 0.5) is 5.95 Å². The minimum atomic E-state index is -0.368. The van der Waals surface area contributed by atoms with E-state index in [1.54, 1.807) is 0 Å². The molecule has 1 heterocycles. The molecule has 1 aliphatic rings. The number of nitrogens with zero attached hydrogens (tertiary/aromatic N) is 2. The first kappa shape index (κ1) is 13.5. The largest absolute Gasteiger partial charge is 0.481 e. The number of rotatable bonds is 5. The van der Waals surface area contributed by atoms with E-state index in [1.807, 2.05) is 0 Å². The van der Waals surface area contributed by atoms with Crippen molar-refractivity contribution in [1.82, 2.24) is 9.97 Å². The third kappa shape index (κ3) is 3.31. The number of hydrogen-bond donors (Lipinski definition) is 2. The minimum absolute atomic E-state index is 0.157. The lowest BCUT2D eigenvalue weighted by atomic mass is 9.75. The first-order chi connectivity index (χ1) is 9.04. The van der Waals surface area contributed by atoms with Crippen molar-refractivity contribution in [3.05, 3.63) is 6.07 Å². The van der Waals surface area contributed by atoms with Gasteiger partial charge in [-0.25, -0.2) is 0 Å². The Morgan fingerprint density at radius 2 is 1.95 bits per heavy atom. The first-order valence-corrected chi connectivity index (χ1v) is 6.10. The van der Waals surface area contributed by atoms with Crippen LogP contribution in [0.5, 0.6) is 11.8 Å². The van der Waals surface area contributed by atoms with Gasteiger partial charge in [-0.2, -0.15) is 9.97 Å². The number of carbonyl (C=O) groups excluding carboxylic acids is 1. The van der Waals surface area contributed by atoms with E-state index in [2.05, 4.69) is 15.3 Å². The van der Waals surface area contributed by atoms with E-state index in [0.717, 1.165) is 19.3 Å². The molecule has 1 aromatic heterocycles. The van der Waals surface area contributed by atoms with E-state index in [9.17, 15) is 4.79 Å². The molecule has 1 amide bonds. The smallest absolute Gasteiger partial charge is 0.236 e. The van der Waals surface area contributed by atoms with Crippen molar-refractivity contribution in [2.24, 2.45) is 5.73 Å². The number of nitrogens with two attached hydrogens (primary N) is 1. The minimum Gasteiger partial charge on any atom is -0.481 e. The average Bonchev–Trinajstić information content (AvgIpc) is 2.36. The second-order valence-corrected chi connectivity index (χ2v) is 4.72.